The van der Waals surface area contributed by atoms with Crippen molar-refractivity contribution in [3.63, 3.8) is 0 Å². The Hall–Kier alpha value is -2.01. The second-order valence-corrected chi connectivity index (χ2v) is 7.02. The summed E-state index contributed by atoms with van der Waals surface area (Å²) in [7, 11) is 0. The second-order valence-electron chi connectivity index (χ2n) is 5.63. The molecular formula is C15H15F3N6S2. The molecule has 2 N–H and O–H groups in total. The van der Waals surface area contributed by atoms with Crippen molar-refractivity contribution in [2.75, 3.05) is 5.32 Å². The second kappa shape index (κ2) is 8.12. The molecule has 0 saturated heterocycles. The Labute approximate surface area is 157 Å². The van der Waals surface area contributed by atoms with Gasteiger partial charge >= 0.3 is 6.18 Å². The lowest BCUT2D eigenvalue weighted by Gasteiger charge is -2.16. The van der Waals surface area contributed by atoms with Crippen LogP contribution < -0.4 is 10.6 Å². The van der Waals surface area contributed by atoms with Gasteiger partial charge in [0, 0.05) is 24.5 Å². The van der Waals surface area contributed by atoms with Crippen molar-refractivity contribution in [2.45, 2.75) is 48.1 Å². The van der Waals surface area contributed by atoms with Crippen molar-refractivity contribution in [1.82, 2.24) is 25.3 Å². The summed E-state index contributed by atoms with van der Waals surface area (Å²) < 4.78 is 39.4. The molecule has 0 amide bonds. The molecule has 11 heteroatoms. The molecule has 1 aliphatic rings. The number of hydrogen-bond donors (Lipinski definition) is 2. The predicted octanol–water partition coefficient (Wildman–Crippen LogP) is 3.67. The van der Waals surface area contributed by atoms with Crippen molar-refractivity contribution in [1.29, 1.82) is 0 Å². The first-order valence-electron chi connectivity index (χ1n) is 7.89. The molecule has 2 aromatic rings. The van der Waals surface area contributed by atoms with Gasteiger partial charge in [0.05, 0.1) is 0 Å². The molecule has 0 atom stereocenters. The van der Waals surface area contributed by atoms with E-state index in [0.29, 0.717) is 0 Å². The maximum absolute atomic E-state index is 13.1. The number of nitrogens with zero attached hydrogens (tertiary/aromatic N) is 4. The average Bonchev–Trinajstić information content (AvgIpc) is 3.07. The Kier molecular flexibility index (Phi) is 5.87. The average molecular weight is 400 g/mol. The number of halogens is 3. The minimum Gasteiger partial charge on any atom is -0.360 e. The van der Waals surface area contributed by atoms with E-state index in [2.05, 4.69) is 30.6 Å². The molecule has 1 aliphatic carbocycles. The number of aromatic nitrogens is 4. The van der Waals surface area contributed by atoms with Crippen LogP contribution in [0.4, 0.5) is 19.1 Å². The molecule has 1 saturated carbocycles. The van der Waals surface area contributed by atoms with Crippen LogP contribution in [0, 0.1) is 0 Å². The molecule has 0 aliphatic heterocycles. The van der Waals surface area contributed by atoms with Crippen molar-refractivity contribution in [3.05, 3.63) is 30.2 Å². The summed E-state index contributed by atoms with van der Waals surface area (Å²) in [4.78, 5) is 15.6. The van der Waals surface area contributed by atoms with Gasteiger partial charge < -0.3 is 10.6 Å². The zero-order valence-corrected chi connectivity index (χ0v) is 15.1. The summed E-state index contributed by atoms with van der Waals surface area (Å²) in [5.74, 6) is -0.214. The third-order valence-corrected chi connectivity index (χ3v) is 4.68. The molecular weight excluding hydrogens is 385 g/mol. The highest BCUT2D eigenvalue weighted by Gasteiger charge is 2.34. The summed E-state index contributed by atoms with van der Waals surface area (Å²) in [5, 5.41) is 6.31. The Balaban J connectivity index is 1.79. The van der Waals surface area contributed by atoms with E-state index in [-0.39, 0.29) is 27.3 Å². The van der Waals surface area contributed by atoms with Crippen LogP contribution in [0.2, 0.25) is 0 Å². The molecule has 26 heavy (non-hydrogen) atoms. The molecule has 138 valence electrons. The van der Waals surface area contributed by atoms with Crippen LogP contribution in [-0.4, -0.2) is 31.1 Å². The van der Waals surface area contributed by atoms with E-state index in [1.807, 2.05) is 0 Å². The maximum atomic E-state index is 13.1. The topological polar surface area (TPSA) is 75.6 Å². The fourth-order valence-corrected chi connectivity index (χ4v) is 3.48. The van der Waals surface area contributed by atoms with Gasteiger partial charge in [0.1, 0.15) is 5.03 Å². The van der Waals surface area contributed by atoms with Crippen LogP contribution >= 0.6 is 24.0 Å². The first-order valence-corrected chi connectivity index (χ1v) is 9.11. The number of rotatable bonds is 4. The van der Waals surface area contributed by atoms with E-state index in [0.717, 1.165) is 43.5 Å². The number of anilines is 1. The number of thiocarbonyl (C=S) groups is 1. The van der Waals surface area contributed by atoms with Crippen LogP contribution in [0.25, 0.3) is 0 Å². The van der Waals surface area contributed by atoms with E-state index in [1.165, 1.54) is 12.4 Å². The molecule has 3 rings (SSSR count). The third-order valence-electron chi connectivity index (χ3n) is 3.65. The lowest BCUT2D eigenvalue weighted by molar-refractivity contribution is -0.141. The molecule has 2 aromatic heterocycles. The summed E-state index contributed by atoms with van der Waals surface area (Å²) >= 11 is 6.08. The van der Waals surface area contributed by atoms with Gasteiger partial charge in [-0.3, -0.25) is 0 Å². The van der Waals surface area contributed by atoms with Gasteiger partial charge in [0.2, 0.25) is 5.95 Å². The summed E-state index contributed by atoms with van der Waals surface area (Å²) in [6.07, 6.45) is 2.58. The third kappa shape index (κ3) is 5.24. The fraction of sp³-hybridized carbons (Fsp3) is 0.400. The Morgan fingerprint density at radius 3 is 2.50 bits per heavy atom. The molecule has 0 spiro atoms. The molecule has 0 bridgehead atoms. The first-order chi connectivity index (χ1) is 12.4. The van der Waals surface area contributed by atoms with Crippen LogP contribution in [0.15, 0.2) is 34.7 Å². The van der Waals surface area contributed by atoms with Crippen LogP contribution in [0.1, 0.15) is 31.4 Å². The molecule has 0 aromatic carbocycles. The Bertz CT molecular complexity index is 766. The zero-order chi connectivity index (χ0) is 18.6. The number of nitrogens with one attached hydrogen (secondary N) is 2. The molecule has 2 heterocycles. The van der Waals surface area contributed by atoms with Gasteiger partial charge in [-0.1, -0.05) is 12.8 Å². The van der Waals surface area contributed by atoms with Crippen molar-refractivity contribution >= 4 is 35.0 Å². The van der Waals surface area contributed by atoms with Gasteiger partial charge in [-0.05, 0) is 42.9 Å². The van der Waals surface area contributed by atoms with E-state index in [1.54, 1.807) is 6.07 Å². The van der Waals surface area contributed by atoms with Crippen LogP contribution in [0.3, 0.4) is 0 Å². The summed E-state index contributed by atoms with van der Waals surface area (Å²) in [5.41, 5.74) is -1.06. The summed E-state index contributed by atoms with van der Waals surface area (Å²) in [6, 6.07) is 2.71. The van der Waals surface area contributed by atoms with Gasteiger partial charge in [0.25, 0.3) is 0 Å². The Morgan fingerprint density at radius 2 is 1.85 bits per heavy atom. The highest BCUT2D eigenvalue weighted by atomic mass is 32.2. The highest BCUT2D eigenvalue weighted by molar-refractivity contribution is 7.99. The zero-order valence-electron chi connectivity index (χ0n) is 13.5. The largest absolute Gasteiger partial charge is 0.433 e. The van der Waals surface area contributed by atoms with Crippen LogP contribution in [0.5, 0.6) is 0 Å². The quantitative estimate of drug-likeness (QED) is 0.458. The highest BCUT2D eigenvalue weighted by Crippen LogP contribution is 2.32. The smallest absolute Gasteiger partial charge is 0.360 e. The van der Waals surface area contributed by atoms with Gasteiger partial charge in [-0.25, -0.2) is 19.9 Å². The van der Waals surface area contributed by atoms with Gasteiger partial charge in [-0.2, -0.15) is 13.2 Å². The number of hydrogen-bond acceptors (Lipinski definition) is 6. The maximum Gasteiger partial charge on any atom is 0.433 e. The normalized spacial score (nSPS) is 15.0. The van der Waals surface area contributed by atoms with E-state index < -0.39 is 11.9 Å². The molecule has 0 radical (unpaired) electrons. The minimum absolute atomic E-state index is 0.0738. The Morgan fingerprint density at radius 1 is 1.15 bits per heavy atom. The lowest BCUT2D eigenvalue weighted by Crippen LogP contribution is -2.36. The van der Waals surface area contributed by atoms with Crippen molar-refractivity contribution in [2.24, 2.45) is 0 Å². The van der Waals surface area contributed by atoms with Gasteiger partial charge in [0.15, 0.2) is 16.0 Å². The van der Waals surface area contributed by atoms with Gasteiger partial charge in [-0.15, -0.1) is 0 Å². The lowest BCUT2D eigenvalue weighted by atomic mass is 10.3. The van der Waals surface area contributed by atoms with E-state index in [4.69, 9.17) is 12.2 Å². The molecule has 1 fully saturated rings. The van der Waals surface area contributed by atoms with Crippen molar-refractivity contribution < 1.29 is 13.2 Å². The minimum atomic E-state index is -4.60. The van der Waals surface area contributed by atoms with E-state index in [9.17, 15) is 13.2 Å². The monoisotopic (exact) mass is 400 g/mol. The van der Waals surface area contributed by atoms with Crippen molar-refractivity contribution in [3.8, 4) is 0 Å². The van der Waals surface area contributed by atoms with Crippen LogP contribution in [-0.2, 0) is 6.18 Å². The number of alkyl halides is 3. The fourth-order valence-electron chi connectivity index (χ4n) is 2.50. The summed E-state index contributed by atoms with van der Waals surface area (Å²) in [6.45, 7) is 0. The predicted molar refractivity (Wildman–Crippen MR) is 94.8 cm³/mol. The van der Waals surface area contributed by atoms with E-state index >= 15 is 0 Å². The molecule has 6 nitrogen and oxygen atoms in total. The first kappa shape index (κ1) is 18.8. The SMILES string of the molecule is FC(F)(F)c1cc(Sc2ncccn2)nc(NC(=S)NC2CCCC2)n1. The standard InChI is InChI=1S/C15H15F3N6S2/c16-15(17,18)10-8-11(26-14-19-6-3-7-20-14)23-12(22-10)24-13(25)21-9-4-1-2-5-9/h3,6-9H,1-2,4-5H2,(H2,21,22,23,24,25). The molecule has 0 unspecified atom stereocenters.